The van der Waals surface area contributed by atoms with Gasteiger partial charge in [-0.1, -0.05) is 13.8 Å². The van der Waals surface area contributed by atoms with E-state index in [2.05, 4.69) is 39.0 Å². The molecule has 1 aromatic rings. The number of aromatic nitrogens is 3. The van der Waals surface area contributed by atoms with Crippen molar-refractivity contribution in [3.8, 4) is 6.01 Å². The Hall–Kier alpha value is -1.59. The fraction of sp³-hybridized carbons (Fsp3) is 0.786. The van der Waals surface area contributed by atoms with Crippen molar-refractivity contribution in [1.82, 2.24) is 15.0 Å². The van der Waals surface area contributed by atoms with Gasteiger partial charge in [-0.25, -0.2) is 0 Å². The van der Waals surface area contributed by atoms with Crippen LogP contribution in [-0.4, -0.2) is 41.7 Å². The van der Waals surface area contributed by atoms with Crippen molar-refractivity contribution >= 4 is 11.9 Å². The molecule has 20 heavy (non-hydrogen) atoms. The van der Waals surface area contributed by atoms with Crippen LogP contribution in [0.15, 0.2) is 0 Å². The summed E-state index contributed by atoms with van der Waals surface area (Å²) < 4.78 is 5.42. The van der Waals surface area contributed by atoms with Gasteiger partial charge in [0.15, 0.2) is 0 Å². The monoisotopic (exact) mass is 279 g/mol. The molecule has 2 rings (SSSR count). The SMILES string of the molecule is CCOc1nc(NC)nc(N2CCCC(C)(C)CC2)n1. The van der Waals surface area contributed by atoms with Crippen LogP contribution in [0, 0.1) is 5.41 Å². The molecule has 1 aliphatic rings. The van der Waals surface area contributed by atoms with Crippen LogP contribution in [0.2, 0.25) is 0 Å². The highest BCUT2D eigenvalue weighted by Crippen LogP contribution is 2.31. The van der Waals surface area contributed by atoms with Crippen LogP contribution in [0.5, 0.6) is 6.01 Å². The van der Waals surface area contributed by atoms with Crippen molar-refractivity contribution < 1.29 is 4.74 Å². The first-order valence-electron chi connectivity index (χ1n) is 7.35. The molecule has 0 bridgehead atoms. The van der Waals surface area contributed by atoms with Gasteiger partial charge in [-0.15, -0.1) is 0 Å². The van der Waals surface area contributed by atoms with E-state index in [4.69, 9.17) is 4.74 Å². The molecule has 1 saturated heterocycles. The van der Waals surface area contributed by atoms with Gasteiger partial charge in [0.1, 0.15) is 0 Å². The zero-order valence-electron chi connectivity index (χ0n) is 12.9. The minimum absolute atomic E-state index is 0.394. The summed E-state index contributed by atoms with van der Waals surface area (Å²) >= 11 is 0. The van der Waals surface area contributed by atoms with Gasteiger partial charge in [-0.2, -0.15) is 15.0 Å². The third-order valence-electron chi connectivity index (χ3n) is 3.72. The molecule has 1 aliphatic heterocycles. The van der Waals surface area contributed by atoms with Crippen LogP contribution in [-0.2, 0) is 0 Å². The lowest BCUT2D eigenvalue weighted by Gasteiger charge is -2.23. The maximum atomic E-state index is 5.42. The van der Waals surface area contributed by atoms with Crippen LogP contribution in [0.4, 0.5) is 11.9 Å². The summed E-state index contributed by atoms with van der Waals surface area (Å²) in [5.74, 6) is 1.27. The van der Waals surface area contributed by atoms with Crippen molar-refractivity contribution in [3.63, 3.8) is 0 Å². The normalized spacial score (nSPS) is 18.5. The molecule has 0 aliphatic carbocycles. The molecule has 1 fully saturated rings. The molecule has 0 radical (unpaired) electrons. The summed E-state index contributed by atoms with van der Waals surface area (Å²) in [7, 11) is 1.81. The van der Waals surface area contributed by atoms with E-state index in [0.717, 1.165) is 25.9 Å². The molecule has 0 spiro atoms. The maximum Gasteiger partial charge on any atom is 0.323 e. The van der Waals surface area contributed by atoms with E-state index in [-0.39, 0.29) is 0 Å². The van der Waals surface area contributed by atoms with Gasteiger partial charge >= 0.3 is 6.01 Å². The standard InChI is InChI=1S/C14H25N5O/c1-5-20-13-17-11(15-4)16-12(18-13)19-9-6-7-14(2,3)8-10-19/h5-10H2,1-4H3,(H,15,16,17,18). The summed E-state index contributed by atoms with van der Waals surface area (Å²) in [6, 6.07) is 0.394. The second-order valence-corrected chi connectivity index (χ2v) is 5.93. The topological polar surface area (TPSA) is 63.2 Å². The fourth-order valence-electron chi connectivity index (χ4n) is 2.42. The van der Waals surface area contributed by atoms with E-state index in [0.29, 0.717) is 29.9 Å². The van der Waals surface area contributed by atoms with Crippen molar-refractivity contribution in [2.75, 3.05) is 37.0 Å². The predicted molar refractivity (Wildman–Crippen MR) is 80.4 cm³/mol. The summed E-state index contributed by atoms with van der Waals surface area (Å²) in [6.45, 7) is 9.10. The zero-order chi connectivity index (χ0) is 14.6. The lowest BCUT2D eigenvalue weighted by Crippen LogP contribution is -2.27. The molecule has 1 N–H and O–H groups in total. The number of nitrogens with zero attached hydrogens (tertiary/aromatic N) is 4. The van der Waals surface area contributed by atoms with Crippen LogP contribution < -0.4 is 15.0 Å². The van der Waals surface area contributed by atoms with Crippen LogP contribution >= 0.6 is 0 Å². The number of anilines is 2. The molecular formula is C14H25N5O. The molecule has 0 unspecified atom stereocenters. The zero-order valence-corrected chi connectivity index (χ0v) is 12.9. The fourth-order valence-corrected chi connectivity index (χ4v) is 2.42. The Balaban J connectivity index is 2.20. The molecule has 1 aromatic heterocycles. The lowest BCUT2D eigenvalue weighted by atomic mass is 9.85. The first-order valence-corrected chi connectivity index (χ1v) is 7.35. The summed E-state index contributed by atoms with van der Waals surface area (Å²) in [4.78, 5) is 15.3. The van der Waals surface area contributed by atoms with E-state index >= 15 is 0 Å². The van der Waals surface area contributed by atoms with E-state index < -0.39 is 0 Å². The van der Waals surface area contributed by atoms with Crippen LogP contribution in [0.3, 0.4) is 0 Å². The second-order valence-electron chi connectivity index (χ2n) is 5.93. The van der Waals surface area contributed by atoms with Crippen molar-refractivity contribution in [3.05, 3.63) is 0 Å². The van der Waals surface area contributed by atoms with Gasteiger partial charge in [0, 0.05) is 20.1 Å². The third kappa shape index (κ3) is 3.71. The minimum atomic E-state index is 0.394. The Morgan fingerprint density at radius 2 is 2.00 bits per heavy atom. The summed E-state index contributed by atoms with van der Waals surface area (Å²) in [5, 5.41) is 2.97. The largest absolute Gasteiger partial charge is 0.464 e. The molecule has 0 saturated carbocycles. The molecule has 6 heteroatoms. The highest BCUT2D eigenvalue weighted by molar-refractivity contribution is 5.38. The quantitative estimate of drug-likeness (QED) is 0.912. The summed E-state index contributed by atoms with van der Waals surface area (Å²) in [6.07, 6.45) is 3.56. The number of ether oxygens (including phenoxy) is 1. The third-order valence-corrected chi connectivity index (χ3v) is 3.72. The van der Waals surface area contributed by atoms with Crippen LogP contribution in [0.25, 0.3) is 0 Å². The molecule has 6 nitrogen and oxygen atoms in total. The van der Waals surface area contributed by atoms with Gasteiger partial charge in [-0.3, -0.25) is 0 Å². The van der Waals surface area contributed by atoms with Crippen molar-refractivity contribution in [2.45, 2.75) is 40.0 Å². The Labute approximate surface area is 121 Å². The average Bonchev–Trinajstić information content (AvgIpc) is 2.59. The number of hydrogen-bond acceptors (Lipinski definition) is 6. The molecule has 2 heterocycles. The van der Waals surface area contributed by atoms with Gasteiger partial charge in [0.2, 0.25) is 11.9 Å². The first-order chi connectivity index (χ1) is 9.54. The van der Waals surface area contributed by atoms with E-state index in [1.807, 2.05) is 6.92 Å². The van der Waals surface area contributed by atoms with Crippen LogP contribution in [0.1, 0.15) is 40.0 Å². The molecule has 0 atom stereocenters. The number of hydrogen-bond donors (Lipinski definition) is 1. The van der Waals surface area contributed by atoms with E-state index in [1.54, 1.807) is 7.05 Å². The molecule has 112 valence electrons. The first kappa shape index (κ1) is 14.8. The Bertz CT molecular complexity index is 449. The molecule has 0 amide bonds. The second kappa shape index (κ2) is 6.24. The molecular weight excluding hydrogens is 254 g/mol. The minimum Gasteiger partial charge on any atom is -0.464 e. The Morgan fingerprint density at radius 3 is 2.70 bits per heavy atom. The van der Waals surface area contributed by atoms with Gasteiger partial charge < -0.3 is 15.0 Å². The smallest absolute Gasteiger partial charge is 0.323 e. The van der Waals surface area contributed by atoms with Crippen molar-refractivity contribution in [2.24, 2.45) is 5.41 Å². The lowest BCUT2D eigenvalue weighted by molar-refractivity contribution is 0.311. The van der Waals surface area contributed by atoms with Gasteiger partial charge in [0.05, 0.1) is 6.61 Å². The highest BCUT2D eigenvalue weighted by atomic mass is 16.5. The molecule has 0 aromatic carbocycles. The predicted octanol–water partition coefficient (Wildman–Crippen LogP) is 2.33. The Morgan fingerprint density at radius 1 is 1.20 bits per heavy atom. The number of nitrogens with one attached hydrogen (secondary N) is 1. The maximum absolute atomic E-state index is 5.42. The summed E-state index contributed by atoms with van der Waals surface area (Å²) in [5.41, 5.74) is 0.399. The Kier molecular flexibility index (Phi) is 4.62. The average molecular weight is 279 g/mol. The van der Waals surface area contributed by atoms with E-state index in [1.165, 1.54) is 6.42 Å². The number of rotatable bonds is 4. The van der Waals surface area contributed by atoms with Gasteiger partial charge in [-0.05, 0) is 31.6 Å². The van der Waals surface area contributed by atoms with E-state index in [9.17, 15) is 0 Å². The highest BCUT2D eigenvalue weighted by Gasteiger charge is 2.24. The van der Waals surface area contributed by atoms with Crippen molar-refractivity contribution in [1.29, 1.82) is 0 Å². The van der Waals surface area contributed by atoms with Gasteiger partial charge in [0.25, 0.3) is 0 Å².